The minimum absolute atomic E-state index is 0.207. The lowest BCUT2D eigenvalue weighted by Gasteiger charge is -2.35. The number of rotatable bonds is 8. The van der Waals surface area contributed by atoms with Crippen LogP contribution >= 0.6 is 0 Å². The monoisotopic (exact) mass is 284 g/mol. The van der Waals surface area contributed by atoms with Crippen molar-refractivity contribution in [3.63, 3.8) is 0 Å². The Hall–Kier alpha value is -0.610. The van der Waals surface area contributed by atoms with Crippen LogP contribution in [0.4, 0.5) is 0 Å². The molecule has 1 fully saturated rings. The summed E-state index contributed by atoms with van der Waals surface area (Å²) >= 11 is 0. The minimum atomic E-state index is -0.704. The molecule has 0 spiro atoms. The third-order valence-electron chi connectivity index (χ3n) is 4.92. The van der Waals surface area contributed by atoms with Gasteiger partial charge in [-0.15, -0.1) is 0 Å². The lowest BCUT2D eigenvalue weighted by atomic mass is 9.83. The molecule has 0 bridgehead atoms. The number of carboxylic acid groups (broad SMARTS) is 1. The van der Waals surface area contributed by atoms with Gasteiger partial charge in [0, 0.05) is 12.1 Å². The molecule has 0 aromatic rings. The molecular formula is C16H32N2O2. The maximum absolute atomic E-state index is 11.8. The van der Waals surface area contributed by atoms with Crippen LogP contribution in [0.25, 0.3) is 0 Å². The van der Waals surface area contributed by atoms with Crippen molar-refractivity contribution < 1.29 is 9.90 Å². The summed E-state index contributed by atoms with van der Waals surface area (Å²) in [6, 6.07) is 0.771. The fraction of sp³-hybridized carbons (Fsp3) is 0.938. The van der Waals surface area contributed by atoms with Crippen molar-refractivity contribution in [2.24, 2.45) is 5.92 Å². The summed E-state index contributed by atoms with van der Waals surface area (Å²) in [5, 5.41) is 13.1. The van der Waals surface area contributed by atoms with E-state index in [2.05, 4.69) is 31.1 Å². The summed E-state index contributed by atoms with van der Waals surface area (Å²) in [6.07, 6.45) is 4.91. The van der Waals surface area contributed by atoms with Gasteiger partial charge in [-0.25, -0.2) is 0 Å². The molecule has 0 aromatic carbocycles. The summed E-state index contributed by atoms with van der Waals surface area (Å²) in [7, 11) is 2.14. The first-order valence-electron chi connectivity index (χ1n) is 8.04. The predicted molar refractivity (Wildman–Crippen MR) is 83.0 cm³/mol. The molecule has 0 saturated heterocycles. The van der Waals surface area contributed by atoms with Crippen LogP contribution in [-0.4, -0.2) is 47.2 Å². The molecule has 0 radical (unpaired) electrons. The van der Waals surface area contributed by atoms with Gasteiger partial charge in [-0.2, -0.15) is 0 Å². The number of carboxylic acids is 1. The summed E-state index contributed by atoms with van der Waals surface area (Å²) in [6.45, 7) is 9.47. The number of nitrogens with one attached hydrogen (secondary N) is 1. The molecule has 3 unspecified atom stereocenters. The summed E-state index contributed by atoms with van der Waals surface area (Å²) < 4.78 is 0. The van der Waals surface area contributed by atoms with Gasteiger partial charge in [0.2, 0.25) is 0 Å². The van der Waals surface area contributed by atoms with Crippen LogP contribution in [0.15, 0.2) is 0 Å². The van der Waals surface area contributed by atoms with E-state index in [1.54, 1.807) is 0 Å². The highest BCUT2D eigenvalue weighted by Gasteiger charge is 2.49. The van der Waals surface area contributed by atoms with E-state index in [-0.39, 0.29) is 12.0 Å². The van der Waals surface area contributed by atoms with Crippen molar-refractivity contribution in [3.8, 4) is 0 Å². The molecule has 0 aliphatic heterocycles. The van der Waals surface area contributed by atoms with E-state index in [9.17, 15) is 9.90 Å². The van der Waals surface area contributed by atoms with Gasteiger partial charge in [0.05, 0.1) is 0 Å². The highest BCUT2D eigenvalue weighted by molar-refractivity contribution is 5.79. The Bertz CT molecular complexity index is 320. The molecule has 0 heterocycles. The van der Waals surface area contributed by atoms with Gasteiger partial charge in [-0.1, -0.05) is 13.3 Å². The molecule has 1 rings (SSSR count). The maximum atomic E-state index is 11.8. The first kappa shape index (κ1) is 17.4. The van der Waals surface area contributed by atoms with Crippen LogP contribution < -0.4 is 5.32 Å². The first-order valence-corrected chi connectivity index (χ1v) is 8.04. The molecule has 20 heavy (non-hydrogen) atoms. The van der Waals surface area contributed by atoms with Crippen molar-refractivity contribution in [3.05, 3.63) is 0 Å². The predicted octanol–water partition coefficient (Wildman–Crippen LogP) is 2.73. The van der Waals surface area contributed by atoms with E-state index < -0.39 is 11.5 Å². The van der Waals surface area contributed by atoms with Crippen LogP contribution in [0.1, 0.15) is 59.8 Å². The van der Waals surface area contributed by atoms with Gasteiger partial charge in [0.1, 0.15) is 5.54 Å². The van der Waals surface area contributed by atoms with Crippen molar-refractivity contribution in [2.75, 3.05) is 13.6 Å². The molecule has 1 aliphatic carbocycles. The fourth-order valence-electron chi connectivity index (χ4n) is 3.41. The van der Waals surface area contributed by atoms with E-state index in [1.165, 1.54) is 0 Å². The molecule has 4 nitrogen and oxygen atoms in total. The Balaban J connectivity index is 2.69. The molecule has 0 amide bonds. The normalized spacial score (nSPS) is 28.2. The quantitative estimate of drug-likeness (QED) is 0.719. The zero-order chi connectivity index (χ0) is 15.3. The minimum Gasteiger partial charge on any atom is -0.480 e. The van der Waals surface area contributed by atoms with Crippen LogP contribution in [-0.2, 0) is 4.79 Å². The van der Waals surface area contributed by atoms with Crippen LogP contribution in [0.2, 0.25) is 0 Å². The number of carbonyl (C=O) groups is 1. The largest absolute Gasteiger partial charge is 0.480 e. The lowest BCUT2D eigenvalue weighted by molar-refractivity contribution is -0.147. The number of hydrogen-bond donors (Lipinski definition) is 2. The van der Waals surface area contributed by atoms with Gasteiger partial charge in [-0.3, -0.25) is 10.1 Å². The van der Waals surface area contributed by atoms with Crippen molar-refractivity contribution >= 4 is 5.97 Å². The van der Waals surface area contributed by atoms with E-state index in [4.69, 9.17) is 0 Å². The van der Waals surface area contributed by atoms with E-state index >= 15 is 0 Å². The number of hydrogen-bond acceptors (Lipinski definition) is 3. The average molecular weight is 284 g/mol. The smallest absolute Gasteiger partial charge is 0.324 e. The van der Waals surface area contributed by atoms with Crippen LogP contribution in [0, 0.1) is 5.92 Å². The average Bonchev–Trinajstić information content (AvgIpc) is 2.78. The molecule has 118 valence electrons. The Labute approximate surface area is 123 Å². The third-order valence-corrected chi connectivity index (χ3v) is 4.92. The summed E-state index contributed by atoms with van der Waals surface area (Å²) in [5.74, 6) is -0.422. The lowest BCUT2D eigenvalue weighted by Crippen LogP contribution is -2.57. The highest BCUT2D eigenvalue weighted by Crippen LogP contribution is 2.38. The molecule has 0 aromatic heterocycles. The standard InChI is InChI=1S/C16H32N2O2/c1-6-13(4)18(5)11-9-14-8-7-10-16(14,15(19)20)17-12(2)3/h12-14,17H,6-11H2,1-5H3,(H,19,20). The van der Waals surface area contributed by atoms with Crippen LogP contribution in [0.5, 0.6) is 0 Å². The van der Waals surface area contributed by atoms with E-state index in [1.807, 2.05) is 13.8 Å². The SMILES string of the molecule is CCC(C)N(C)CCC1CCCC1(NC(C)C)C(=O)O. The molecule has 1 aliphatic rings. The van der Waals surface area contributed by atoms with Crippen molar-refractivity contribution in [1.82, 2.24) is 10.2 Å². The topological polar surface area (TPSA) is 52.6 Å². The Kier molecular flexibility index (Phi) is 6.46. The second kappa shape index (κ2) is 7.41. The molecule has 3 atom stereocenters. The second-order valence-electron chi connectivity index (χ2n) is 6.69. The van der Waals surface area contributed by atoms with E-state index in [0.29, 0.717) is 6.04 Å². The van der Waals surface area contributed by atoms with Gasteiger partial charge in [0.25, 0.3) is 0 Å². The Morgan fingerprint density at radius 1 is 1.45 bits per heavy atom. The van der Waals surface area contributed by atoms with Gasteiger partial charge >= 0.3 is 5.97 Å². The van der Waals surface area contributed by atoms with Gasteiger partial charge in [0.15, 0.2) is 0 Å². The summed E-state index contributed by atoms with van der Waals surface area (Å²) in [5.41, 5.74) is -0.704. The number of nitrogens with zero attached hydrogens (tertiary/aromatic N) is 1. The van der Waals surface area contributed by atoms with Gasteiger partial charge < -0.3 is 10.0 Å². The molecular weight excluding hydrogens is 252 g/mol. The molecule has 2 N–H and O–H groups in total. The maximum Gasteiger partial charge on any atom is 0.324 e. The third kappa shape index (κ3) is 3.95. The van der Waals surface area contributed by atoms with Crippen LogP contribution in [0.3, 0.4) is 0 Å². The Morgan fingerprint density at radius 2 is 2.10 bits per heavy atom. The zero-order valence-corrected chi connectivity index (χ0v) is 13.8. The Morgan fingerprint density at radius 3 is 2.60 bits per heavy atom. The fourth-order valence-corrected chi connectivity index (χ4v) is 3.41. The first-order chi connectivity index (χ1) is 9.33. The molecule has 4 heteroatoms. The second-order valence-corrected chi connectivity index (χ2v) is 6.69. The number of aliphatic carboxylic acids is 1. The van der Waals surface area contributed by atoms with E-state index in [0.717, 1.165) is 38.6 Å². The summed E-state index contributed by atoms with van der Waals surface area (Å²) in [4.78, 5) is 14.2. The van der Waals surface area contributed by atoms with Crippen molar-refractivity contribution in [1.29, 1.82) is 0 Å². The van der Waals surface area contributed by atoms with Crippen molar-refractivity contribution in [2.45, 2.75) is 77.4 Å². The zero-order valence-electron chi connectivity index (χ0n) is 13.8. The van der Waals surface area contributed by atoms with Gasteiger partial charge in [-0.05, 0) is 66.0 Å². The molecule has 1 saturated carbocycles. The highest BCUT2D eigenvalue weighted by atomic mass is 16.4.